The maximum absolute atomic E-state index is 12.2. The molecule has 1 amide bonds. The molecule has 6 heteroatoms. The molecule has 0 saturated carbocycles. The van der Waals surface area contributed by atoms with Crippen molar-refractivity contribution < 1.29 is 14.3 Å². The van der Waals surface area contributed by atoms with E-state index in [2.05, 4.69) is 10.3 Å². The highest BCUT2D eigenvalue weighted by atomic mass is 32.1. The van der Waals surface area contributed by atoms with Gasteiger partial charge in [0.1, 0.15) is 5.01 Å². The number of rotatable bonds is 5. The number of aryl methyl sites for hydroxylation is 1. The topological polar surface area (TPSA) is 68.3 Å². The van der Waals surface area contributed by atoms with Crippen molar-refractivity contribution in [2.24, 2.45) is 0 Å². The number of nitrogens with zero attached hydrogens (tertiary/aromatic N) is 1. The van der Waals surface area contributed by atoms with Crippen molar-refractivity contribution in [2.75, 3.05) is 5.32 Å². The van der Waals surface area contributed by atoms with Gasteiger partial charge in [-0.1, -0.05) is 48.0 Å². The molecule has 26 heavy (non-hydrogen) atoms. The van der Waals surface area contributed by atoms with Gasteiger partial charge >= 0.3 is 5.97 Å². The van der Waals surface area contributed by atoms with Crippen LogP contribution in [0.3, 0.4) is 0 Å². The van der Waals surface area contributed by atoms with Crippen LogP contribution in [0.1, 0.15) is 23.0 Å². The number of hydrogen-bond acceptors (Lipinski definition) is 5. The molecule has 132 valence electrons. The first kappa shape index (κ1) is 17.8. The maximum Gasteiger partial charge on any atom is 0.358 e. The number of benzene rings is 2. The Kier molecular flexibility index (Phi) is 5.43. The largest absolute Gasteiger partial charge is 0.448 e. The smallest absolute Gasteiger partial charge is 0.358 e. The SMILES string of the molecule is Cc1ccc(NC(=O)[C@H](C)OC(=O)c2csc(-c3ccccc3)n2)cc1. The number of ether oxygens (including phenoxy) is 1. The summed E-state index contributed by atoms with van der Waals surface area (Å²) in [6, 6.07) is 17.0. The van der Waals surface area contributed by atoms with Gasteiger partial charge in [0.15, 0.2) is 11.8 Å². The highest BCUT2D eigenvalue weighted by Crippen LogP contribution is 2.23. The molecule has 0 radical (unpaired) electrons. The molecule has 1 atom stereocenters. The van der Waals surface area contributed by atoms with E-state index in [1.807, 2.05) is 49.4 Å². The van der Waals surface area contributed by atoms with Gasteiger partial charge in [-0.05, 0) is 26.0 Å². The number of esters is 1. The number of hydrogen-bond donors (Lipinski definition) is 1. The van der Waals surface area contributed by atoms with Crippen LogP contribution in [0.25, 0.3) is 10.6 Å². The molecule has 0 aliphatic rings. The molecular weight excluding hydrogens is 348 g/mol. The first-order chi connectivity index (χ1) is 12.5. The van der Waals surface area contributed by atoms with Crippen LogP contribution >= 0.6 is 11.3 Å². The lowest BCUT2D eigenvalue weighted by Gasteiger charge is -2.12. The van der Waals surface area contributed by atoms with Gasteiger partial charge < -0.3 is 10.1 Å². The van der Waals surface area contributed by atoms with E-state index in [9.17, 15) is 9.59 Å². The van der Waals surface area contributed by atoms with E-state index in [1.54, 1.807) is 17.5 Å². The summed E-state index contributed by atoms with van der Waals surface area (Å²) >= 11 is 1.36. The minimum absolute atomic E-state index is 0.198. The summed E-state index contributed by atoms with van der Waals surface area (Å²) in [5, 5.41) is 5.09. The van der Waals surface area contributed by atoms with Crippen molar-refractivity contribution in [3.05, 3.63) is 71.2 Å². The summed E-state index contributed by atoms with van der Waals surface area (Å²) in [5.74, 6) is -1.00. The number of carbonyl (C=O) groups excluding carboxylic acids is 2. The van der Waals surface area contributed by atoms with Crippen molar-refractivity contribution in [2.45, 2.75) is 20.0 Å². The van der Waals surface area contributed by atoms with Crippen LogP contribution in [0.5, 0.6) is 0 Å². The van der Waals surface area contributed by atoms with E-state index in [4.69, 9.17) is 4.74 Å². The second kappa shape index (κ2) is 7.93. The molecule has 5 nitrogen and oxygen atoms in total. The van der Waals surface area contributed by atoms with Gasteiger partial charge in [0.05, 0.1) is 0 Å². The Hall–Kier alpha value is -2.99. The number of aromatic nitrogens is 1. The minimum Gasteiger partial charge on any atom is -0.448 e. The van der Waals surface area contributed by atoms with Crippen molar-refractivity contribution in [1.82, 2.24) is 4.98 Å². The molecule has 2 aromatic carbocycles. The second-order valence-corrected chi connectivity index (χ2v) is 6.66. The number of nitrogens with one attached hydrogen (secondary N) is 1. The quantitative estimate of drug-likeness (QED) is 0.684. The minimum atomic E-state index is -0.925. The Labute approximate surface area is 155 Å². The Bertz CT molecular complexity index is 904. The monoisotopic (exact) mass is 366 g/mol. The van der Waals surface area contributed by atoms with Crippen LogP contribution < -0.4 is 5.32 Å². The summed E-state index contributed by atoms with van der Waals surface area (Å²) in [6.07, 6.45) is -0.925. The lowest BCUT2D eigenvalue weighted by atomic mass is 10.2. The number of carbonyl (C=O) groups is 2. The van der Waals surface area contributed by atoms with Crippen LogP contribution in [0, 0.1) is 6.92 Å². The molecule has 0 spiro atoms. The molecule has 3 aromatic rings. The third-order valence-electron chi connectivity index (χ3n) is 3.71. The molecule has 0 fully saturated rings. The molecule has 0 aliphatic heterocycles. The summed E-state index contributed by atoms with van der Waals surface area (Å²) < 4.78 is 5.24. The van der Waals surface area contributed by atoms with E-state index >= 15 is 0 Å². The summed E-state index contributed by atoms with van der Waals surface area (Å²) in [4.78, 5) is 28.7. The summed E-state index contributed by atoms with van der Waals surface area (Å²) in [7, 11) is 0. The number of thiazole rings is 1. The highest BCUT2D eigenvalue weighted by Gasteiger charge is 2.21. The van der Waals surface area contributed by atoms with Gasteiger partial charge in [0.2, 0.25) is 0 Å². The summed E-state index contributed by atoms with van der Waals surface area (Å²) in [6.45, 7) is 3.50. The van der Waals surface area contributed by atoms with Crippen LogP contribution in [0.4, 0.5) is 5.69 Å². The molecule has 1 aromatic heterocycles. The molecule has 0 unspecified atom stereocenters. The Morgan fingerprint density at radius 3 is 2.46 bits per heavy atom. The van der Waals surface area contributed by atoms with E-state index in [-0.39, 0.29) is 11.6 Å². The normalized spacial score (nSPS) is 11.6. The Morgan fingerprint density at radius 2 is 1.77 bits per heavy atom. The Morgan fingerprint density at radius 1 is 1.08 bits per heavy atom. The van der Waals surface area contributed by atoms with Crippen LogP contribution in [0.2, 0.25) is 0 Å². The molecule has 1 heterocycles. The number of amides is 1. The van der Waals surface area contributed by atoms with Crippen molar-refractivity contribution in [1.29, 1.82) is 0 Å². The van der Waals surface area contributed by atoms with E-state index in [0.717, 1.165) is 16.1 Å². The molecular formula is C20H18N2O3S. The third kappa shape index (κ3) is 4.34. The average Bonchev–Trinajstić information content (AvgIpc) is 3.14. The summed E-state index contributed by atoms with van der Waals surface area (Å²) in [5.41, 5.74) is 2.88. The van der Waals surface area contributed by atoms with Crippen LogP contribution in [0.15, 0.2) is 60.0 Å². The van der Waals surface area contributed by atoms with E-state index < -0.39 is 12.1 Å². The van der Waals surface area contributed by atoms with Gasteiger partial charge in [0.25, 0.3) is 5.91 Å². The lowest BCUT2D eigenvalue weighted by Crippen LogP contribution is -2.30. The van der Waals surface area contributed by atoms with Crippen molar-refractivity contribution in [3.8, 4) is 10.6 Å². The van der Waals surface area contributed by atoms with E-state index in [1.165, 1.54) is 18.3 Å². The molecule has 0 saturated heterocycles. The van der Waals surface area contributed by atoms with Gasteiger partial charge in [-0.15, -0.1) is 11.3 Å². The van der Waals surface area contributed by atoms with Gasteiger partial charge in [-0.2, -0.15) is 0 Å². The second-order valence-electron chi connectivity index (χ2n) is 5.81. The lowest BCUT2D eigenvalue weighted by molar-refractivity contribution is -0.123. The first-order valence-corrected chi connectivity index (χ1v) is 9.00. The van der Waals surface area contributed by atoms with Crippen LogP contribution in [-0.2, 0) is 9.53 Å². The molecule has 0 aliphatic carbocycles. The predicted molar refractivity (Wildman–Crippen MR) is 102 cm³/mol. The third-order valence-corrected chi connectivity index (χ3v) is 4.60. The molecule has 3 rings (SSSR count). The zero-order valence-electron chi connectivity index (χ0n) is 14.4. The molecule has 0 bridgehead atoms. The molecule has 1 N–H and O–H groups in total. The Balaban J connectivity index is 1.61. The van der Waals surface area contributed by atoms with Gasteiger partial charge in [-0.25, -0.2) is 9.78 Å². The fraction of sp³-hybridized carbons (Fsp3) is 0.150. The standard InChI is InChI=1S/C20H18N2O3S/c1-13-8-10-16(11-9-13)21-18(23)14(2)25-20(24)17-12-26-19(22-17)15-6-4-3-5-7-15/h3-12,14H,1-2H3,(H,21,23)/t14-/m0/s1. The maximum atomic E-state index is 12.2. The van der Waals surface area contributed by atoms with Crippen molar-refractivity contribution >= 4 is 28.9 Å². The van der Waals surface area contributed by atoms with Crippen LogP contribution in [-0.4, -0.2) is 23.0 Å². The fourth-order valence-corrected chi connectivity index (χ4v) is 3.03. The number of anilines is 1. The van der Waals surface area contributed by atoms with E-state index in [0.29, 0.717) is 5.69 Å². The zero-order chi connectivity index (χ0) is 18.5. The van der Waals surface area contributed by atoms with Gasteiger partial charge in [-0.3, -0.25) is 4.79 Å². The first-order valence-electron chi connectivity index (χ1n) is 8.12. The highest BCUT2D eigenvalue weighted by molar-refractivity contribution is 7.13. The van der Waals surface area contributed by atoms with Gasteiger partial charge in [0, 0.05) is 16.6 Å². The van der Waals surface area contributed by atoms with Crippen molar-refractivity contribution in [3.63, 3.8) is 0 Å². The fourth-order valence-electron chi connectivity index (χ4n) is 2.24. The zero-order valence-corrected chi connectivity index (χ0v) is 15.2. The predicted octanol–water partition coefficient (Wildman–Crippen LogP) is 4.30. The average molecular weight is 366 g/mol.